The van der Waals surface area contributed by atoms with Crippen molar-refractivity contribution in [2.24, 2.45) is 5.92 Å². The summed E-state index contributed by atoms with van der Waals surface area (Å²) < 4.78 is 2.25. The number of nitrogens with zero attached hydrogens (tertiary/aromatic N) is 1. The van der Waals surface area contributed by atoms with E-state index in [0.717, 1.165) is 25.1 Å². The molecule has 2 aromatic carbocycles. The number of aromatic nitrogens is 1. The second kappa shape index (κ2) is 9.29. The molecule has 28 heavy (non-hydrogen) atoms. The van der Waals surface area contributed by atoms with E-state index in [1.165, 1.54) is 16.5 Å². The van der Waals surface area contributed by atoms with Gasteiger partial charge in [0.2, 0.25) is 5.91 Å². The molecule has 0 saturated carbocycles. The molecule has 0 radical (unpaired) electrons. The van der Waals surface area contributed by atoms with Crippen LogP contribution in [-0.4, -0.2) is 17.0 Å². The average Bonchev–Trinajstić information content (AvgIpc) is 3.04. The lowest BCUT2D eigenvalue weighted by molar-refractivity contribution is -0.121. The lowest BCUT2D eigenvalue weighted by atomic mass is 9.88. The molecule has 1 amide bonds. The number of halogens is 1. The molecule has 0 fully saturated rings. The number of benzene rings is 2. The summed E-state index contributed by atoms with van der Waals surface area (Å²) in [5.74, 6) is 0.626. The van der Waals surface area contributed by atoms with Gasteiger partial charge in [0.25, 0.3) is 0 Å². The van der Waals surface area contributed by atoms with Crippen LogP contribution in [0.1, 0.15) is 50.7 Å². The van der Waals surface area contributed by atoms with E-state index >= 15 is 0 Å². The average molecular weight is 397 g/mol. The Morgan fingerprint density at radius 2 is 1.93 bits per heavy atom. The molecule has 0 unspecified atom stereocenters. The van der Waals surface area contributed by atoms with Gasteiger partial charge in [-0.15, -0.1) is 0 Å². The third-order valence-electron chi connectivity index (χ3n) is 5.22. The topological polar surface area (TPSA) is 34.0 Å². The summed E-state index contributed by atoms with van der Waals surface area (Å²) in [7, 11) is 0. The second-order valence-electron chi connectivity index (χ2n) is 7.73. The van der Waals surface area contributed by atoms with Gasteiger partial charge >= 0.3 is 0 Å². The molecule has 148 valence electrons. The molecule has 0 aliphatic rings. The monoisotopic (exact) mass is 396 g/mol. The summed E-state index contributed by atoms with van der Waals surface area (Å²) >= 11 is 6.28. The van der Waals surface area contributed by atoms with Crippen LogP contribution in [-0.2, 0) is 11.3 Å². The van der Waals surface area contributed by atoms with Crippen molar-refractivity contribution < 1.29 is 4.79 Å². The SMILES string of the molecule is CCn1cc([C@H](CC(=O)NCCC(C)C)c2cccc(Cl)c2)c2ccccc21. The van der Waals surface area contributed by atoms with Gasteiger partial charge in [0, 0.05) is 47.6 Å². The first-order chi connectivity index (χ1) is 13.5. The van der Waals surface area contributed by atoms with Gasteiger partial charge in [0.15, 0.2) is 0 Å². The van der Waals surface area contributed by atoms with Crippen molar-refractivity contribution in [3.05, 3.63) is 70.9 Å². The van der Waals surface area contributed by atoms with E-state index in [-0.39, 0.29) is 11.8 Å². The number of hydrogen-bond donors (Lipinski definition) is 1. The lowest BCUT2D eigenvalue weighted by Crippen LogP contribution is -2.27. The predicted molar refractivity (Wildman–Crippen MR) is 118 cm³/mol. The van der Waals surface area contributed by atoms with Gasteiger partial charge in [-0.05, 0) is 48.6 Å². The molecule has 0 saturated heterocycles. The Hall–Kier alpha value is -2.26. The van der Waals surface area contributed by atoms with E-state index in [1.807, 2.05) is 18.2 Å². The van der Waals surface area contributed by atoms with Crippen molar-refractivity contribution in [1.29, 1.82) is 0 Å². The fraction of sp³-hybridized carbons (Fsp3) is 0.375. The van der Waals surface area contributed by atoms with Gasteiger partial charge in [-0.1, -0.05) is 55.8 Å². The number of carbonyl (C=O) groups is 1. The van der Waals surface area contributed by atoms with Gasteiger partial charge in [-0.3, -0.25) is 4.79 Å². The van der Waals surface area contributed by atoms with Crippen LogP contribution in [0, 0.1) is 5.92 Å². The van der Waals surface area contributed by atoms with Crippen molar-refractivity contribution in [3.8, 4) is 0 Å². The summed E-state index contributed by atoms with van der Waals surface area (Å²) in [5.41, 5.74) is 3.46. The molecule has 0 aliphatic carbocycles. The van der Waals surface area contributed by atoms with Gasteiger partial charge in [-0.2, -0.15) is 0 Å². The Morgan fingerprint density at radius 3 is 2.64 bits per heavy atom. The van der Waals surface area contributed by atoms with Crippen LogP contribution in [0.3, 0.4) is 0 Å². The predicted octanol–water partition coefficient (Wildman–Crippen LogP) is 6.00. The van der Waals surface area contributed by atoms with Gasteiger partial charge in [-0.25, -0.2) is 0 Å². The number of hydrogen-bond acceptors (Lipinski definition) is 1. The number of fused-ring (bicyclic) bond motifs is 1. The highest BCUT2D eigenvalue weighted by atomic mass is 35.5. The number of carbonyl (C=O) groups excluding carboxylic acids is 1. The van der Waals surface area contributed by atoms with Crippen LogP contribution < -0.4 is 5.32 Å². The molecule has 4 heteroatoms. The minimum atomic E-state index is -0.0320. The molecule has 0 spiro atoms. The molecule has 0 bridgehead atoms. The lowest BCUT2D eigenvalue weighted by Gasteiger charge is -2.18. The zero-order valence-electron chi connectivity index (χ0n) is 16.9. The first-order valence-corrected chi connectivity index (χ1v) is 10.5. The third kappa shape index (κ3) is 4.77. The first kappa shape index (κ1) is 20.5. The molecular weight excluding hydrogens is 368 g/mol. The quantitative estimate of drug-likeness (QED) is 0.497. The number of amides is 1. The van der Waals surface area contributed by atoms with E-state index in [0.29, 0.717) is 17.4 Å². The summed E-state index contributed by atoms with van der Waals surface area (Å²) in [4.78, 5) is 12.7. The second-order valence-corrected chi connectivity index (χ2v) is 8.17. The molecule has 0 aliphatic heterocycles. The molecule has 1 aromatic heterocycles. The maximum absolute atomic E-state index is 12.7. The van der Waals surface area contributed by atoms with Gasteiger partial charge in [0.05, 0.1) is 0 Å². The molecule has 1 heterocycles. The summed E-state index contributed by atoms with van der Waals surface area (Å²) in [6, 6.07) is 16.3. The minimum absolute atomic E-state index is 0.0320. The first-order valence-electron chi connectivity index (χ1n) is 10.1. The Balaban J connectivity index is 1.97. The van der Waals surface area contributed by atoms with Crippen LogP contribution in [0.2, 0.25) is 5.02 Å². The van der Waals surface area contributed by atoms with Crippen LogP contribution in [0.15, 0.2) is 54.7 Å². The van der Waals surface area contributed by atoms with E-state index in [9.17, 15) is 4.79 Å². The molecule has 3 nitrogen and oxygen atoms in total. The third-order valence-corrected chi connectivity index (χ3v) is 5.46. The van der Waals surface area contributed by atoms with E-state index in [1.54, 1.807) is 0 Å². The molecule has 3 aromatic rings. The molecule has 3 rings (SSSR count). The number of nitrogens with one attached hydrogen (secondary N) is 1. The zero-order valence-corrected chi connectivity index (χ0v) is 17.7. The highest BCUT2D eigenvalue weighted by Gasteiger charge is 2.22. The summed E-state index contributed by atoms with van der Waals surface area (Å²) in [6.45, 7) is 8.09. The molecule has 1 atom stereocenters. The fourth-order valence-corrected chi connectivity index (χ4v) is 3.90. The maximum atomic E-state index is 12.7. The number of rotatable bonds is 8. The van der Waals surface area contributed by atoms with Crippen molar-refractivity contribution in [1.82, 2.24) is 9.88 Å². The van der Waals surface area contributed by atoms with Crippen molar-refractivity contribution in [2.45, 2.75) is 46.1 Å². The summed E-state index contributed by atoms with van der Waals surface area (Å²) in [6.07, 6.45) is 3.59. The Kier molecular flexibility index (Phi) is 6.79. The smallest absolute Gasteiger partial charge is 0.220 e. The van der Waals surface area contributed by atoms with Crippen LogP contribution >= 0.6 is 11.6 Å². The van der Waals surface area contributed by atoms with E-state index in [2.05, 4.69) is 67.2 Å². The zero-order chi connectivity index (χ0) is 20.1. The van der Waals surface area contributed by atoms with Crippen LogP contribution in [0.4, 0.5) is 0 Å². The fourth-order valence-electron chi connectivity index (χ4n) is 3.70. The van der Waals surface area contributed by atoms with E-state index in [4.69, 9.17) is 11.6 Å². The summed E-state index contributed by atoms with van der Waals surface area (Å²) in [5, 5.41) is 4.98. The highest BCUT2D eigenvalue weighted by molar-refractivity contribution is 6.30. The minimum Gasteiger partial charge on any atom is -0.356 e. The Labute approximate surface area is 172 Å². The number of para-hydroxylation sites is 1. The van der Waals surface area contributed by atoms with Crippen molar-refractivity contribution in [2.75, 3.05) is 6.54 Å². The van der Waals surface area contributed by atoms with Gasteiger partial charge in [0.1, 0.15) is 0 Å². The standard InChI is InChI=1S/C24H29ClN2O/c1-4-27-16-22(20-10-5-6-11-23(20)27)21(18-8-7-9-19(25)14-18)15-24(28)26-13-12-17(2)3/h5-11,14,16-17,21H,4,12-13,15H2,1-3H3,(H,26,28)/t21-/m1/s1. The highest BCUT2D eigenvalue weighted by Crippen LogP contribution is 2.35. The molecule has 1 N–H and O–H groups in total. The Bertz CT molecular complexity index is 945. The maximum Gasteiger partial charge on any atom is 0.220 e. The van der Waals surface area contributed by atoms with Crippen LogP contribution in [0.25, 0.3) is 10.9 Å². The van der Waals surface area contributed by atoms with E-state index < -0.39 is 0 Å². The molecular formula is C24H29ClN2O. The van der Waals surface area contributed by atoms with Gasteiger partial charge < -0.3 is 9.88 Å². The largest absolute Gasteiger partial charge is 0.356 e. The van der Waals surface area contributed by atoms with Crippen molar-refractivity contribution in [3.63, 3.8) is 0 Å². The van der Waals surface area contributed by atoms with Crippen molar-refractivity contribution >= 4 is 28.4 Å². The van der Waals surface area contributed by atoms with Crippen LogP contribution in [0.5, 0.6) is 0 Å². The Morgan fingerprint density at radius 1 is 1.14 bits per heavy atom. The number of aryl methyl sites for hydroxylation is 1. The normalized spacial score (nSPS) is 12.5.